The van der Waals surface area contributed by atoms with Crippen LogP contribution in [0.3, 0.4) is 0 Å². The minimum Gasteiger partial charge on any atom is -0.493 e. The lowest BCUT2D eigenvalue weighted by atomic mass is 10.1. The van der Waals surface area contributed by atoms with Gasteiger partial charge in [0.1, 0.15) is 12.0 Å². The summed E-state index contributed by atoms with van der Waals surface area (Å²) in [6.07, 6.45) is 1.14. The highest BCUT2D eigenvalue weighted by atomic mass is 35.5. The van der Waals surface area contributed by atoms with Crippen molar-refractivity contribution in [3.05, 3.63) is 28.2 Å². The number of likely N-dealkylation sites (tertiary alicyclic amines) is 1. The summed E-state index contributed by atoms with van der Waals surface area (Å²) in [6, 6.07) is 4.97. The van der Waals surface area contributed by atoms with Crippen LogP contribution in [0.5, 0.6) is 5.75 Å². The number of carbonyl (C=O) groups is 2. The molecule has 0 bridgehead atoms. The average molecular weight is 302 g/mol. The van der Waals surface area contributed by atoms with Gasteiger partial charge in [0.2, 0.25) is 5.91 Å². The lowest BCUT2D eigenvalue weighted by Crippen LogP contribution is -2.27. The fourth-order valence-corrected chi connectivity index (χ4v) is 2.56. The molecule has 102 valence electrons. The number of aldehydes is 1. The lowest BCUT2D eigenvalue weighted by Gasteiger charge is -2.14. The van der Waals surface area contributed by atoms with Gasteiger partial charge in [-0.25, -0.2) is 0 Å². The van der Waals surface area contributed by atoms with E-state index in [0.29, 0.717) is 35.4 Å². The van der Waals surface area contributed by atoms with Crippen molar-refractivity contribution in [3.63, 3.8) is 0 Å². The van der Waals surface area contributed by atoms with Crippen LogP contribution in [0.4, 0.5) is 0 Å². The van der Waals surface area contributed by atoms with Crippen molar-refractivity contribution >= 4 is 35.4 Å². The molecule has 0 radical (unpaired) electrons. The van der Waals surface area contributed by atoms with E-state index in [-0.39, 0.29) is 18.4 Å². The number of benzene rings is 1. The molecule has 1 aromatic carbocycles. The molecule has 1 heterocycles. The molecule has 0 saturated carbocycles. The first-order valence-corrected chi connectivity index (χ1v) is 6.64. The Hall–Kier alpha value is -1.26. The van der Waals surface area contributed by atoms with E-state index in [1.807, 2.05) is 0 Å². The second kappa shape index (κ2) is 6.26. The Morgan fingerprint density at radius 1 is 1.32 bits per heavy atom. The Labute approximate surface area is 121 Å². The molecule has 1 saturated heterocycles. The summed E-state index contributed by atoms with van der Waals surface area (Å²) in [5, 5.41) is 1.01. The van der Waals surface area contributed by atoms with Crippen molar-refractivity contribution in [1.82, 2.24) is 4.90 Å². The standard InChI is InChI=1S/C13H13Cl2NO3/c14-10-4-11(15)6-12(5-10)19-8-9-3-13(18)16(7-9)1-2-17/h2,4-6,9H,1,3,7-8H2/t9-/m1/s1. The highest BCUT2D eigenvalue weighted by molar-refractivity contribution is 6.34. The van der Waals surface area contributed by atoms with E-state index >= 15 is 0 Å². The van der Waals surface area contributed by atoms with E-state index in [1.54, 1.807) is 18.2 Å². The number of rotatable bonds is 5. The molecule has 0 aliphatic carbocycles. The number of hydrogen-bond donors (Lipinski definition) is 0. The Morgan fingerprint density at radius 2 is 2.00 bits per heavy atom. The summed E-state index contributed by atoms with van der Waals surface area (Å²) in [4.78, 5) is 23.5. The largest absolute Gasteiger partial charge is 0.493 e. The molecule has 0 aromatic heterocycles. The first-order chi connectivity index (χ1) is 9.08. The summed E-state index contributed by atoms with van der Waals surface area (Å²) in [5.41, 5.74) is 0. The molecule has 1 aliphatic heterocycles. The van der Waals surface area contributed by atoms with Crippen LogP contribution in [0.25, 0.3) is 0 Å². The molecule has 1 aromatic rings. The molecule has 1 atom stereocenters. The first-order valence-electron chi connectivity index (χ1n) is 5.89. The van der Waals surface area contributed by atoms with Gasteiger partial charge in [-0.05, 0) is 18.2 Å². The minimum absolute atomic E-state index is 0.00942. The number of ether oxygens (including phenoxy) is 1. The van der Waals surface area contributed by atoms with Crippen LogP contribution in [-0.4, -0.2) is 36.8 Å². The maximum atomic E-state index is 11.6. The molecule has 1 amide bonds. The molecule has 1 aliphatic rings. The first kappa shape index (κ1) is 14.2. The van der Waals surface area contributed by atoms with E-state index in [2.05, 4.69) is 0 Å². The third-order valence-corrected chi connectivity index (χ3v) is 3.35. The molecule has 4 nitrogen and oxygen atoms in total. The van der Waals surface area contributed by atoms with E-state index in [9.17, 15) is 9.59 Å². The van der Waals surface area contributed by atoms with Gasteiger partial charge in [0.25, 0.3) is 0 Å². The van der Waals surface area contributed by atoms with E-state index in [0.717, 1.165) is 6.29 Å². The van der Waals surface area contributed by atoms with E-state index in [4.69, 9.17) is 27.9 Å². The zero-order valence-electron chi connectivity index (χ0n) is 10.1. The Kier molecular flexibility index (Phi) is 4.66. The Morgan fingerprint density at radius 3 is 2.63 bits per heavy atom. The summed E-state index contributed by atoms with van der Waals surface area (Å²) in [7, 11) is 0. The van der Waals surface area contributed by atoms with Crippen LogP contribution < -0.4 is 4.74 Å². The van der Waals surface area contributed by atoms with Crippen LogP contribution in [-0.2, 0) is 9.59 Å². The third kappa shape index (κ3) is 3.85. The Bertz CT molecular complexity index is 473. The number of carbonyl (C=O) groups excluding carboxylic acids is 2. The third-order valence-electron chi connectivity index (χ3n) is 2.91. The molecular weight excluding hydrogens is 289 g/mol. The topological polar surface area (TPSA) is 46.6 Å². The number of hydrogen-bond acceptors (Lipinski definition) is 3. The fourth-order valence-electron chi connectivity index (χ4n) is 2.06. The smallest absolute Gasteiger partial charge is 0.223 e. The van der Waals surface area contributed by atoms with Crippen LogP contribution in [0.1, 0.15) is 6.42 Å². The van der Waals surface area contributed by atoms with E-state index < -0.39 is 0 Å². The molecule has 19 heavy (non-hydrogen) atoms. The van der Waals surface area contributed by atoms with Gasteiger partial charge in [0.15, 0.2) is 0 Å². The number of halogens is 2. The van der Waals surface area contributed by atoms with Crippen molar-refractivity contribution in [2.75, 3.05) is 19.7 Å². The second-order valence-corrected chi connectivity index (χ2v) is 5.32. The highest BCUT2D eigenvalue weighted by Crippen LogP contribution is 2.25. The lowest BCUT2D eigenvalue weighted by molar-refractivity contribution is -0.129. The highest BCUT2D eigenvalue weighted by Gasteiger charge is 2.29. The summed E-state index contributed by atoms with van der Waals surface area (Å²) < 4.78 is 5.59. The quantitative estimate of drug-likeness (QED) is 0.785. The zero-order chi connectivity index (χ0) is 13.8. The van der Waals surface area contributed by atoms with Crippen molar-refractivity contribution < 1.29 is 14.3 Å². The van der Waals surface area contributed by atoms with Crippen LogP contribution in [0.2, 0.25) is 10.0 Å². The van der Waals surface area contributed by atoms with Gasteiger partial charge in [-0.15, -0.1) is 0 Å². The van der Waals surface area contributed by atoms with Crippen molar-refractivity contribution in [2.24, 2.45) is 5.92 Å². The molecule has 2 rings (SSSR count). The predicted molar refractivity (Wildman–Crippen MR) is 72.7 cm³/mol. The maximum Gasteiger partial charge on any atom is 0.223 e. The molecule has 6 heteroatoms. The summed E-state index contributed by atoms with van der Waals surface area (Å²) in [6.45, 7) is 1.10. The summed E-state index contributed by atoms with van der Waals surface area (Å²) >= 11 is 11.7. The second-order valence-electron chi connectivity index (χ2n) is 4.45. The van der Waals surface area contributed by atoms with Crippen LogP contribution >= 0.6 is 23.2 Å². The van der Waals surface area contributed by atoms with Gasteiger partial charge in [-0.1, -0.05) is 23.2 Å². The van der Waals surface area contributed by atoms with Crippen LogP contribution in [0.15, 0.2) is 18.2 Å². The normalized spacial score (nSPS) is 18.7. The minimum atomic E-state index is -0.00942. The van der Waals surface area contributed by atoms with Crippen molar-refractivity contribution in [3.8, 4) is 5.75 Å². The molecular formula is C13H13Cl2NO3. The molecule has 0 spiro atoms. The number of amides is 1. The van der Waals surface area contributed by atoms with Crippen molar-refractivity contribution in [1.29, 1.82) is 0 Å². The van der Waals surface area contributed by atoms with E-state index in [1.165, 1.54) is 4.90 Å². The molecule has 1 fully saturated rings. The Balaban J connectivity index is 1.89. The van der Waals surface area contributed by atoms with Crippen molar-refractivity contribution in [2.45, 2.75) is 6.42 Å². The van der Waals surface area contributed by atoms with Gasteiger partial charge in [-0.2, -0.15) is 0 Å². The zero-order valence-corrected chi connectivity index (χ0v) is 11.7. The molecule has 0 unspecified atom stereocenters. The summed E-state index contributed by atoms with van der Waals surface area (Å²) in [5.74, 6) is 0.661. The van der Waals surface area contributed by atoms with Crippen LogP contribution in [0, 0.1) is 5.92 Å². The average Bonchev–Trinajstić information content (AvgIpc) is 2.67. The van der Waals surface area contributed by atoms with Gasteiger partial charge < -0.3 is 14.4 Å². The SMILES string of the molecule is O=CCN1C[C@H](COc2cc(Cl)cc(Cl)c2)CC1=O. The van der Waals surface area contributed by atoms with Gasteiger partial charge in [-0.3, -0.25) is 4.79 Å². The number of nitrogens with zero attached hydrogens (tertiary/aromatic N) is 1. The van der Waals surface area contributed by atoms with Gasteiger partial charge in [0, 0.05) is 28.9 Å². The van der Waals surface area contributed by atoms with Gasteiger partial charge in [0.05, 0.1) is 13.2 Å². The predicted octanol–water partition coefficient (Wildman–Crippen LogP) is 2.42. The monoisotopic (exact) mass is 301 g/mol. The molecule has 0 N–H and O–H groups in total. The maximum absolute atomic E-state index is 11.6. The fraction of sp³-hybridized carbons (Fsp3) is 0.385. The van der Waals surface area contributed by atoms with Gasteiger partial charge >= 0.3 is 0 Å².